The summed E-state index contributed by atoms with van der Waals surface area (Å²) in [4.78, 5) is 36.6. The van der Waals surface area contributed by atoms with Crippen LogP contribution in [0.3, 0.4) is 0 Å². The number of hydrogen-bond acceptors (Lipinski definition) is 5. The van der Waals surface area contributed by atoms with E-state index in [1.165, 1.54) is 29.0 Å². The van der Waals surface area contributed by atoms with Crippen LogP contribution in [-0.2, 0) is 27.3 Å². The zero-order valence-electron chi connectivity index (χ0n) is 23.2. The number of aromatic nitrogens is 2. The van der Waals surface area contributed by atoms with Gasteiger partial charge >= 0.3 is 0 Å². The lowest BCUT2D eigenvalue weighted by Crippen LogP contribution is -2.39. The molecule has 1 aliphatic rings. The maximum Gasteiger partial charge on any atom is 0.296 e. The summed E-state index contributed by atoms with van der Waals surface area (Å²) in [6.07, 6.45) is 4.15. The van der Waals surface area contributed by atoms with E-state index in [4.69, 9.17) is 9.57 Å². The van der Waals surface area contributed by atoms with Crippen molar-refractivity contribution in [2.24, 2.45) is 0 Å². The summed E-state index contributed by atoms with van der Waals surface area (Å²) in [6, 6.07) is 7.37. The molecule has 0 saturated heterocycles. The van der Waals surface area contributed by atoms with Gasteiger partial charge in [0.15, 0.2) is 6.79 Å². The molecule has 2 amide bonds. The van der Waals surface area contributed by atoms with Gasteiger partial charge in [-0.15, -0.1) is 0 Å². The number of hydrogen-bond donors (Lipinski definition) is 0. The first-order valence-electron chi connectivity index (χ1n) is 13.0. The number of rotatable bonds is 9. The molecule has 39 heavy (non-hydrogen) atoms. The minimum atomic E-state index is -1.21. The van der Waals surface area contributed by atoms with Crippen LogP contribution < -0.4 is 0 Å². The molecule has 206 valence electrons. The van der Waals surface area contributed by atoms with E-state index < -0.39 is 8.07 Å². The van der Waals surface area contributed by atoms with Gasteiger partial charge < -0.3 is 14.2 Å². The zero-order chi connectivity index (χ0) is 28.2. The van der Waals surface area contributed by atoms with Crippen LogP contribution in [0.5, 0.6) is 0 Å². The summed E-state index contributed by atoms with van der Waals surface area (Å²) >= 11 is 0. The lowest BCUT2D eigenvalue weighted by molar-refractivity contribution is -0.195. The SMILES string of the molecule is CC(=O)N(C)CC#Cc1cn(Cc2ccc(F)cc2)c2cnc3c(c12)CCN(OCOCC[Si](C)(C)C)C3=O. The molecule has 4 rings (SSSR count). The van der Waals surface area contributed by atoms with Crippen LogP contribution in [0, 0.1) is 17.7 Å². The number of hydroxylamine groups is 2. The van der Waals surface area contributed by atoms with Crippen molar-refractivity contribution in [2.45, 2.75) is 45.6 Å². The van der Waals surface area contributed by atoms with Gasteiger partial charge in [0.05, 0.1) is 30.4 Å². The maximum absolute atomic E-state index is 13.4. The summed E-state index contributed by atoms with van der Waals surface area (Å²) < 4.78 is 21.1. The van der Waals surface area contributed by atoms with E-state index in [1.807, 2.05) is 10.8 Å². The fourth-order valence-corrected chi connectivity index (χ4v) is 5.00. The number of amides is 2. The van der Waals surface area contributed by atoms with Gasteiger partial charge in [-0.25, -0.2) is 19.3 Å². The minimum absolute atomic E-state index is 0.0161. The molecule has 0 aliphatic carbocycles. The molecular weight excluding hydrogens is 515 g/mol. The van der Waals surface area contributed by atoms with Crippen molar-refractivity contribution in [3.63, 3.8) is 0 Å². The average Bonchev–Trinajstić information content (AvgIpc) is 3.23. The fraction of sp³-hybridized carbons (Fsp3) is 0.414. The van der Waals surface area contributed by atoms with Crippen molar-refractivity contribution in [1.29, 1.82) is 0 Å². The highest BCUT2D eigenvalue weighted by Crippen LogP contribution is 2.30. The van der Waals surface area contributed by atoms with Gasteiger partial charge in [-0.3, -0.25) is 9.59 Å². The first-order chi connectivity index (χ1) is 18.5. The predicted molar refractivity (Wildman–Crippen MR) is 150 cm³/mol. The van der Waals surface area contributed by atoms with E-state index in [0.29, 0.717) is 31.8 Å². The van der Waals surface area contributed by atoms with E-state index in [0.717, 1.165) is 33.6 Å². The van der Waals surface area contributed by atoms with Crippen molar-refractivity contribution in [3.05, 3.63) is 64.9 Å². The van der Waals surface area contributed by atoms with Crippen LogP contribution >= 0.6 is 0 Å². The van der Waals surface area contributed by atoms with Crippen LogP contribution in [0.2, 0.25) is 25.7 Å². The van der Waals surface area contributed by atoms with Gasteiger partial charge in [0, 0.05) is 46.8 Å². The Bertz CT molecular complexity index is 1420. The van der Waals surface area contributed by atoms with Crippen molar-refractivity contribution in [1.82, 2.24) is 19.5 Å². The number of pyridine rings is 1. The molecule has 0 unspecified atom stereocenters. The number of fused-ring (bicyclic) bond motifs is 3. The van der Waals surface area contributed by atoms with Gasteiger partial charge in [0.1, 0.15) is 11.5 Å². The number of benzene rings is 1. The van der Waals surface area contributed by atoms with Crippen LogP contribution in [0.1, 0.15) is 34.1 Å². The lowest BCUT2D eigenvalue weighted by Gasteiger charge is -2.27. The molecule has 0 spiro atoms. The van der Waals surface area contributed by atoms with Gasteiger partial charge in [-0.2, -0.15) is 0 Å². The second-order valence-electron chi connectivity index (χ2n) is 10.9. The normalized spacial score (nSPS) is 13.3. The molecule has 8 nitrogen and oxygen atoms in total. The number of carbonyl (C=O) groups excluding carboxylic acids is 2. The highest BCUT2D eigenvalue weighted by Gasteiger charge is 2.30. The van der Waals surface area contributed by atoms with E-state index in [-0.39, 0.29) is 31.0 Å². The van der Waals surface area contributed by atoms with Crippen molar-refractivity contribution in [2.75, 3.05) is 33.5 Å². The highest BCUT2D eigenvalue weighted by molar-refractivity contribution is 6.76. The van der Waals surface area contributed by atoms with E-state index in [1.54, 1.807) is 25.4 Å². The third kappa shape index (κ3) is 7.12. The Morgan fingerprint density at radius 1 is 1.23 bits per heavy atom. The Morgan fingerprint density at radius 3 is 2.67 bits per heavy atom. The zero-order valence-corrected chi connectivity index (χ0v) is 24.2. The monoisotopic (exact) mass is 550 g/mol. The first-order valence-corrected chi connectivity index (χ1v) is 16.7. The number of nitrogens with zero attached hydrogens (tertiary/aromatic N) is 4. The second kappa shape index (κ2) is 12.1. The maximum atomic E-state index is 13.4. The van der Waals surface area contributed by atoms with Gasteiger partial charge in [-0.05, 0) is 35.7 Å². The largest absolute Gasteiger partial charge is 0.353 e. The standard InChI is InChI=1S/C29H35FN4O4Si/c1-21(35)32(2)13-6-7-23-19-33(18-22-8-10-24(30)11-9-22)26-17-31-28-25(27(23)26)12-14-34(29(28)36)38-20-37-15-16-39(3,4)5/h8-11,17,19H,12-16,18,20H2,1-5H3. The van der Waals surface area contributed by atoms with E-state index in [2.05, 4.69) is 36.5 Å². The molecule has 0 N–H and O–H groups in total. The molecule has 10 heteroatoms. The summed E-state index contributed by atoms with van der Waals surface area (Å²) in [6.45, 7) is 10.1. The summed E-state index contributed by atoms with van der Waals surface area (Å²) in [5.41, 5.74) is 3.66. The third-order valence-electron chi connectivity index (χ3n) is 6.65. The number of halogens is 1. The molecule has 3 heterocycles. The summed E-state index contributed by atoms with van der Waals surface area (Å²) in [5, 5.41) is 2.18. The first kappa shape index (κ1) is 28.5. The quantitative estimate of drug-likeness (QED) is 0.172. The highest BCUT2D eigenvalue weighted by atomic mass is 28.3. The molecule has 1 aromatic carbocycles. The van der Waals surface area contributed by atoms with E-state index in [9.17, 15) is 14.0 Å². The average molecular weight is 551 g/mol. The van der Waals surface area contributed by atoms with Gasteiger partial charge in [0.25, 0.3) is 5.91 Å². The molecule has 0 atom stereocenters. The lowest BCUT2D eigenvalue weighted by atomic mass is 9.99. The van der Waals surface area contributed by atoms with Crippen molar-refractivity contribution in [3.8, 4) is 11.8 Å². The molecule has 1 aliphatic heterocycles. The van der Waals surface area contributed by atoms with Crippen molar-refractivity contribution >= 4 is 30.8 Å². The van der Waals surface area contributed by atoms with Crippen molar-refractivity contribution < 1.29 is 23.6 Å². The topological polar surface area (TPSA) is 76.9 Å². The molecule has 0 saturated carbocycles. The number of carbonyl (C=O) groups is 2. The molecule has 0 bridgehead atoms. The van der Waals surface area contributed by atoms with Crippen LogP contribution in [0.4, 0.5) is 4.39 Å². The minimum Gasteiger partial charge on any atom is -0.353 e. The molecule has 2 aromatic heterocycles. The smallest absolute Gasteiger partial charge is 0.296 e. The Hall–Kier alpha value is -3.52. The second-order valence-corrected chi connectivity index (χ2v) is 16.6. The van der Waals surface area contributed by atoms with Crippen LogP contribution in [-0.4, -0.2) is 72.9 Å². The third-order valence-corrected chi connectivity index (χ3v) is 8.35. The van der Waals surface area contributed by atoms with Crippen LogP contribution in [0.15, 0.2) is 36.7 Å². The Labute approximate surface area is 229 Å². The fourth-order valence-electron chi connectivity index (χ4n) is 4.25. The number of ether oxygens (including phenoxy) is 1. The molecule has 0 radical (unpaired) electrons. The Balaban J connectivity index is 1.61. The summed E-state index contributed by atoms with van der Waals surface area (Å²) in [7, 11) is 0.490. The Morgan fingerprint density at radius 2 is 1.97 bits per heavy atom. The van der Waals surface area contributed by atoms with Crippen LogP contribution in [0.25, 0.3) is 10.9 Å². The van der Waals surface area contributed by atoms with Gasteiger partial charge in [-0.1, -0.05) is 43.6 Å². The predicted octanol–water partition coefficient (Wildman–Crippen LogP) is 4.30. The summed E-state index contributed by atoms with van der Waals surface area (Å²) in [5.74, 6) is 5.60. The van der Waals surface area contributed by atoms with Gasteiger partial charge in [0.2, 0.25) is 5.91 Å². The Kier molecular flexibility index (Phi) is 8.85. The van der Waals surface area contributed by atoms with E-state index >= 15 is 0 Å². The molecule has 3 aromatic rings. The molecule has 0 fully saturated rings. The molecular formula is C29H35FN4O4Si.